The summed E-state index contributed by atoms with van der Waals surface area (Å²) in [5.74, 6) is -0.737. The maximum atomic E-state index is 13.5. The largest absolute Gasteiger partial charge is 0.496 e. The predicted molar refractivity (Wildman–Crippen MR) is 139 cm³/mol. The zero-order valence-corrected chi connectivity index (χ0v) is 21.3. The highest BCUT2D eigenvalue weighted by molar-refractivity contribution is 6.33. The second-order valence-corrected chi connectivity index (χ2v) is 9.35. The van der Waals surface area contributed by atoms with Gasteiger partial charge in [-0.2, -0.15) is 5.26 Å². The zero-order valence-electron chi connectivity index (χ0n) is 20.5. The number of rotatable bonds is 6. The van der Waals surface area contributed by atoms with Crippen LogP contribution in [-0.2, 0) is 0 Å². The van der Waals surface area contributed by atoms with Crippen molar-refractivity contribution >= 4 is 34.5 Å². The number of nitriles is 1. The molecule has 2 heterocycles. The molecule has 1 aliphatic rings. The predicted octanol–water partition coefficient (Wildman–Crippen LogP) is 5.50. The van der Waals surface area contributed by atoms with Crippen LogP contribution in [0.15, 0.2) is 52.9 Å². The number of aromatic nitrogens is 1. The molecule has 1 aliphatic carbocycles. The van der Waals surface area contributed by atoms with E-state index in [2.05, 4.69) is 21.7 Å². The molecule has 2 aromatic heterocycles. The number of nitrogens with zero attached hydrogens (tertiary/aromatic N) is 2. The van der Waals surface area contributed by atoms with E-state index in [9.17, 15) is 19.2 Å². The van der Waals surface area contributed by atoms with Crippen molar-refractivity contribution in [2.24, 2.45) is 0 Å². The molecule has 10 heteroatoms. The van der Waals surface area contributed by atoms with Gasteiger partial charge in [-0.15, -0.1) is 0 Å². The molecule has 1 fully saturated rings. The van der Waals surface area contributed by atoms with Gasteiger partial charge in [0.15, 0.2) is 0 Å². The summed E-state index contributed by atoms with van der Waals surface area (Å²) < 4.78 is 24.8. The zero-order chi connectivity index (χ0) is 27.0. The molecule has 4 aromatic rings. The van der Waals surface area contributed by atoms with Crippen molar-refractivity contribution in [3.8, 4) is 34.3 Å². The highest BCUT2D eigenvalue weighted by Gasteiger charge is 2.39. The Labute approximate surface area is 222 Å². The van der Waals surface area contributed by atoms with Gasteiger partial charge < -0.3 is 19.8 Å². The lowest BCUT2D eigenvalue weighted by atomic mass is 9.78. The molecular weight excluding hydrogens is 511 g/mol. The van der Waals surface area contributed by atoms with Crippen LogP contribution < -0.4 is 15.4 Å². The van der Waals surface area contributed by atoms with E-state index in [0.29, 0.717) is 40.7 Å². The molecule has 0 aliphatic heterocycles. The number of pyridine rings is 1. The van der Waals surface area contributed by atoms with E-state index in [0.717, 1.165) is 6.42 Å². The number of nitrogens with one attached hydrogen (secondary N) is 2. The number of hydrogen-bond acceptors (Lipinski definition) is 6. The summed E-state index contributed by atoms with van der Waals surface area (Å²) in [4.78, 5) is 30.4. The Kier molecular flexibility index (Phi) is 6.51. The van der Waals surface area contributed by atoms with Gasteiger partial charge in [0.25, 0.3) is 11.8 Å². The van der Waals surface area contributed by atoms with Crippen LogP contribution in [0, 0.1) is 17.1 Å². The Morgan fingerprint density at radius 3 is 2.45 bits per heavy atom. The molecule has 2 amide bonds. The number of halogens is 2. The highest BCUT2D eigenvalue weighted by atomic mass is 35.5. The Morgan fingerprint density at radius 2 is 1.84 bits per heavy atom. The summed E-state index contributed by atoms with van der Waals surface area (Å²) in [5, 5.41) is 15.4. The molecule has 0 saturated heterocycles. The molecule has 0 atom stereocenters. The topological polar surface area (TPSA) is 117 Å². The van der Waals surface area contributed by atoms with Crippen molar-refractivity contribution in [2.75, 3.05) is 14.2 Å². The smallest absolute Gasteiger partial charge is 0.256 e. The van der Waals surface area contributed by atoms with Crippen LogP contribution in [0.1, 0.15) is 40.0 Å². The van der Waals surface area contributed by atoms with Crippen LogP contribution in [0.25, 0.3) is 33.6 Å². The summed E-state index contributed by atoms with van der Waals surface area (Å²) in [6.45, 7) is 0. The lowest BCUT2D eigenvalue weighted by molar-refractivity contribution is 0.0877. The van der Waals surface area contributed by atoms with Crippen LogP contribution in [0.4, 0.5) is 4.39 Å². The third-order valence-electron chi connectivity index (χ3n) is 6.73. The summed E-state index contributed by atoms with van der Waals surface area (Å²) in [6.07, 6.45) is 2.04. The van der Waals surface area contributed by atoms with Crippen molar-refractivity contribution in [1.29, 1.82) is 5.26 Å². The van der Waals surface area contributed by atoms with Crippen LogP contribution >= 0.6 is 11.6 Å². The van der Waals surface area contributed by atoms with E-state index in [1.54, 1.807) is 24.3 Å². The van der Waals surface area contributed by atoms with E-state index in [1.807, 2.05) is 0 Å². The van der Waals surface area contributed by atoms with Gasteiger partial charge in [-0.25, -0.2) is 9.37 Å². The minimum atomic E-state index is -0.883. The second kappa shape index (κ2) is 9.80. The molecule has 2 N–H and O–H groups in total. The molecule has 0 bridgehead atoms. The number of hydrogen-bond donors (Lipinski definition) is 2. The fourth-order valence-corrected chi connectivity index (χ4v) is 4.73. The Balaban J connectivity index is 1.63. The first-order valence-electron chi connectivity index (χ1n) is 11.8. The summed E-state index contributed by atoms with van der Waals surface area (Å²) in [7, 11) is 2.94. The summed E-state index contributed by atoms with van der Waals surface area (Å²) in [5.41, 5.74) is 1.18. The average molecular weight is 533 g/mol. The second-order valence-electron chi connectivity index (χ2n) is 8.99. The quantitative estimate of drug-likeness (QED) is 0.317. The lowest BCUT2D eigenvalue weighted by Crippen LogP contribution is -2.52. The number of furan rings is 1. The van der Waals surface area contributed by atoms with Gasteiger partial charge in [0.2, 0.25) is 5.71 Å². The van der Waals surface area contributed by atoms with Gasteiger partial charge in [0.1, 0.15) is 28.0 Å². The van der Waals surface area contributed by atoms with Gasteiger partial charge in [0, 0.05) is 18.2 Å². The molecule has 8 nitrogen and oxygen atoms in total. The van der Waals surface area contributed by atoms with Crippen LogP contribution in [0.2, 0.25) is 5.15 Å². The first kappa shape index (κ1) is 25.2. The monoisotopic (exact) mass is 532 g/mol. The van der Waals surface area contributed by atoms with Gasteiger partial charge in [-0.3, -0.25) is 9.59 Å². The Bertz CT molecular complexity index is 1620. The highest BCUT2D eigenvalue weighted by Crippen LogP contribution is 2.39. The summed E-state index contributed by atoms with van der Waals surface area (Å²) in [6, 6.07) is 14.4. The third kappa shape index (κ3) is 4.33. The first-order valence-corrected chi connectivity index (χ1v) is 12.2. The minimum absolute atomic E-state index is 0.0874. The molecule has 0 spiro atoms. The number of carbonyl (C=O) groups excluding carboxylic acids is 2. The maximum Gasteiger partial charge on any atom is 0.256 e. The van der Waals surface area contributed by atoms with E-state index in [-0.39, 0.29) is 27.8 Å². The molecule has 192 valence electrons. The van der Waals surface area contributed by atoms with E-state index >= 15 is 0 Å². The standard InChI is InChI=1S/C28H22ClFN4O4/c1-32-26(36)22-20-13-18(24(29)33-27(20)38-23(22)15-4-7-17(30)8-5-15)16-6-9-21(37-2)19(12-16)25(35)34-28(14-31)10-3-11-28/h4-9,12-13H,3,10-11H2,1-2H3,(H,32,36)(H,34,35). The number of amides is 2. The number of benzene rings is 2. The SMILES string of the molecule is CNC(=O)c1c(-c2ccc(F)cc2)oc2nc(Cl)c(-c3ccc(OC)c(C(=O)NC4(C#N)CCC4)c3)cc12. The van der Waals surface area contributed by atoms with Crippen molar-refractivity contribution in [3.63, 3.8) is 0 Å². The normalized spacial score (nSPS) is 13.9. The molecule has 2 aromatic carbocycles. The molecular formula is C28H22ClFN4O4. The number of fused-ring (bicyclic) bond motifs is 1. The number of ether oxygens (including phenoxy) is 1. The Hall–Kier alpha value is -4.42. The van der Waals surface area contributed by atoms with Crippen molar-refractivity contribution < 1.29 is 23.1 Å². The van der Waals surface area contributed by atoms with Crippen molar-refractivity contribution in [3.05, 3.63) is 70.6 Å². The molecule has 38 heavy (non-hydrogen) atoms. The Morgan fingerprint density at radius 1 is 1.13 bits per heavy atom. The molecule has 0 unspecified atom stereocenters. The number of methoxy groups -OCH3 is 1. The fraction of sp³-hybridized carbons (Fsp3) is 0.214. The molecule has 0 radical (unpaired) electrons. The van der Waals surface area contributed by atoms with Gasteiger partial charge in [-0.1, -0.05) is 17.7 Å². The van der Waals surface area contributed by atoms with E-state index in [1.165, 1.54) is 38.4 Å². The number of carbonyl (C=O) groups is 2. The first-order chi connectivity index (χ1) is 18.3. The minimum Gasteiger partial charge on any atom is -0.496 e. The molecule has 1 saturated carbocycles. The van der Waals surface area contributed by atoms with E-state index < -0.39 is 23.2 Å². The average Bonchev–Trinajstić information content (AvgIpc) is 3.27. The van der Waals surface area contributed by atoms with Crippen LogP contribution in [0.5, 0.6) is 5.75 Å². The third-order valence-corrected chi connectivity index (χ3v) is 7.01. The molecule has 5 rings (SSSR count). The maximum absolute atomic E-state index is 13.5. The van der Waals surface area contributed by atoms with Crippen LogP contribution in [0.3, 0.4) is 0 Å². The van der Waals surface area contributed by atoms with Gasteiger partial charge in [0.05, 0.1) is 29.7 Å². The van der Waals surface area contributed by atoms with Crippen LogP contribution in [-0.4, -0.2) is 36.5 Å². The summed E-state index contributed by atoms with van der Waals surface area (Å²) >= 11 is 6.55. The van der Waals surface area contributed by atoms with Crippen molar-refractivity contribution in [2.45, 2.75) is 24.8 Å². The van der Waals surface area contributed by atoms with Gasteiger partial charge in [-0.05, 0) is 67.3 Å². The lowest BCUT2D eigenvalue weighted by Gasteiger charge is -2.35. The van der Waals surface area contributed by atoms with E-state index in [4.69, 9.17) is 20.8 Å². The van der Waals surface area contributed by atoms with Crippen molar-refractivity contribution in [1.82, 2.24) is 15.6 Å². The fourth-order valence-electron chi connectivity index (χ4n) is 4.49. The van der Waals surface area contributed by atoms with Gasteiger partial charge >= 0.3 is 0 Å².